The van der Waals surface area contributed by atoms with Crippen molar-refractivity contribution in [3.63, 3.8) is 0 Å². The van der Waals surface area contributed by atoms with Gasteiger partial charge in [-0.05, 0) is 60.4 Å². The van der Waals surface area contributed by atoms with E-state index in [0.29, 0.717) is 36.2 Å². The summed E-state index contributed by atoms with van der Waals surface area (Å²) in [6.45, 7) is 4.54. The molecular formula is C28H35F3N2O3. The molecule has 5 nitrogen and oxygen atoms in total. The molecule has 0 aliphatic heterocycles. The highest BCUT2D eigenvalue weighted by Crippen LogP contribution is 2.42. The summed E-state index contributed by atoms with van der Waals surface area (Å²) in [6.07, 6.45) is 1.51. The summed E-state index contributed by atoms with van der Waals surface area (Å²) in [6, 6.07) is 10.3. The number of nitrogens with one attached hydrogen (secondary N) is 1. The number of benzene rings is 2. The van der Waals surface area contributed by atoms with E-state index in [1.807, 2.05) is 25.1 Å². The maximum atomic E-state index is 14.2. The second-order valence-corrected chi connectivity index (χ2v) is 9.23. The number of alkyl halides is 3. The van der Waals surface area contributed by atoms with Crippen LogP contribution in [0.4, 0.5) is 13.2 Å². The molecule has 3 rings (SSSR count). The van der Waals surface area contributed by atoms with Crippen molar-refractivity contribution in [2.24, 2.45) is 5.16 Å². The third-order valence-electron chi connectivity index (χ3n) is 6.75. The summed E-state index contributed by atoms with van der Waals surface area (Å²) < 4.78 is 42.5. The molecule has 0 amide bonds. The number of nitrogens with zero attached hydrogens (tertiary/aromatic N) is 1. The molecule has 1 atom stereocenters. The standard InChI is InChI=1S/C28H35F3N2O3/c1-3-19-16-21(10-11-23(19)18-32-15-14-26(34)35)27(36-33-4-2)22-12-13-24(20-8-6-5-7-9-20)25(17-22)28(29,30)31/h4,10-13,16-17,20,27,32H,3,5-9,14-15,18H2,1-2H3,(H,34,35). The summed E-state index contributed by atoms with van der Waals surface area (Å²) >= 11 is 0. The van der Waals surface area contributed by atoms with Gasteiger partial charge in [0.2, 0.25) is 0 Å². The number of aliphatic carboxylic acids is 1. The average Bonchev–Trinajstić information content (AvgIpc) is 2.87. The maximum absolute atomic E-state index is 14.2. The predicted octanol–water partition coefficient (Wildman–Crippen LogP) is 6.99. The number of rotatable bonds is 11. The number of carboxylic acid groups (broad SMARTS) is 1. The molecule has 0 aromatic heterocycles. The Morgan fingerprint density at radius 2 is 1.83 bits per heavy atom. The Hall–Kier alpha value is -2.87. The van der Waals surface area contributed by atoms with Crippen LogP contribution in [0.3, 0.4) is 0 Å². The summed E-state index contributed by atoms with van der Waals surface area (Å²) in [4.78, 5) is 16.4. The normalized spacial score (nSPS) is 15.8. The molecule has 196 valence electrons. The van der Waals surface area contributed by atoms with E-state index in [2.05, 4.69) is 10.5 Å². The first-order valence-electron chi connectivity index (χ1n) is 12.6. The van der Waals surface area contributed by atoms with Gasteiger partial charge < -0.3 is 15.3 Å². The number of carbonyl (C=O) groups is 1. The van der Waals surface area contributed by atoms with Crippen molar-refractivity contribution in [1.82, 2.24) is 5.32 Å². The number of aryl methyl sites for hydroxylation is 1. The zero-order chi connectivity index (χ0) is 26.1. The zero-order valence-electron chi connectivity index (χ0n) is 20.9. The second-order valence-electron chi connectivity index (χ2n) is 9.23. The molecule has 0 radical (unpaired) electrons. The van der Waals surface area contributed by atoms with Crippen LogP contribution in [0.15, 0.2) is 41.6 Å². The Morgan fingerprint density at radius 1 is 1.14 bits per heavy atom. The smallest absolute Gasteiger partial charge is 0.416 e. The SMILES string of the molecule is CC=NOC(c1ccc(CNCCC(=O)O)c(CC)c1)c1ccc(C2CCCCC2)c(C(F)(F)F)c1. The largest absolute Gasteiger partial charge is 0.481 e. The third kappa shape index (κ3) is 7.32. The molecule has 0 heterocycles. The minimum Gasteiger partial charge on any atom is -0.481 e. The first-order valence-corrected chi connectivity index (χ1v) is 12.6. The van der Waals surface area contributed by atoms with E-state index in [1.165, 1.54) is 12.3 Å². The molecule has 0 bridgehead atoms. The molecule has 1 aliphatic rings. The Labute approximate surface area is 210 Å². The van der Waals surface area contributed by atoms with Crippen molar-refractivity contribution in [3.8, 4) is 0 Å². The Bertz CT molecular complexity index is 1050. The minimum absolute atomic E-state index is 0.0306. The van der Waals surface area contributed by atoms with Crippen molar-refractivity contribution >= 4 is 12.2 Å². The predicted molar refractivity (Wildman–Crippen MR) is 134 cm³/mol. The number of carboxylic acids is 1. The summed E-state index contributed by atoms with van der Waals surface area (Å²) in [5.41, 5.74) is 2.93. The number of hydrogen-bond acceptors (Lipinski definition) is 4. The van der Waals surface area contributed by atoms with Crippen LogP contribution in [-0.2, 0) is 28.8 Å². The second kappa shape index (κ2) is 12.9. The van der Waals surface area contributed by atoms with E-state index in [0.717, 1.165) is 43.2 Å². The molecule has 0 spiro atoms. The van der Waals surface area contributed by atoms with Gasteiger partial charge in [-0.1, -0.05) is 61.7 Å². The van der Waals surface area contributed by atoms with Gasteiger partial charge in [0.25, 0.3) is 0 Å². The summed E-state index contributed by atoms with van der Waals surface area (Å²) in [7, 11) is 0. The van der Waals surface area contributed by atoms with Crippen LogP contribution in [0.2, 0.25) is 0 Å². The van der Waals surface area contributed by atoms with Crippen molar-refractivity contribution < 1.29 is 27.9 Å². The van der Waals surface area contributed by atoms with Crippen LogP contribution < -0.4 is 5.32 Å². The fourth-order valence-electron chi connectivity index (χ4n) is 4.92. The van der Waals surface area contributed by atoms with Gasteiger partial charge in [-0.2, -0.15) is 13.2 Å². The van der Waals surface area contributed by atoms with Gasteiger partial charge in [-0.15, -0.1) is 0 Å². The van der Waals surface area contributed by atoms with Gasteiger partial charge in [0.05, 0.1) is 12.0 Å². The van der Waals surface area contributed by atoms with E-state index in [9.17, 15) is 18.0 Å². The van der Waals surface area contributed by atoms with Crippen LogP contribution in [0.25, 0.3) is 0 Å². The van der Waals surface area contributed by atoms with E-state index in [1.54, 1.807) is 19.1 Å². The van der Waals surface area contributed by atoms with E-state index in [4.69, 9.17) is 9.94 Å². The van der Waals surface area contributed by atoms with Crippen molar-refractivity contribution in [2.75, 3.05) is 6.54 Å². The fraction of sp³-hybridized carbons (Fsp3) is 0.500. The molecule has 1 aliphatic carbocycles. The first-order chi connectivity index (χ1) is 17.2. The van der Waals surface area contributed by atoms with Crippen LogP contribution in [-0.4, -0.2) is 23.8 Å². The van der Waals surface area contributed by atoms with Crippen molar-refractivity contribution in [2.45, 2.75) is 83.5 Å². The van der Waals surface area contributed by atoms with Gasteiger partial charge >= 0.3 is 12.1 Å². The molecule has 1 fully saturated rings. The molecule has 1 saturated carbocycles. The monoisotopic (exact) mass is 504 g/mol. The van der Waals surface area contributed by atoms with E-state index < -0.39 is 23.8 Å². The van der Waals surface area contributed by atoms with Crippen LogP contribution in [0.5, 0.6) is 0 Å². The van der Waals surface area contributed by atoms with Crippen LogP contribution in [0, 0.1) is 0 Å². The highest BCUT2D eigenvalue weighted by molar-refractivity contribution is 5.66. The number of hydrogen-bond donors (Lipinski definition) is 2. The molecule has 1 unspecified atom stereocenters. The van der Waals surface area contributed by atoms with Gasteiger partial charge in [0.15, 0.2) is 6.10 Å². The Kier molecular flexibility index (Phi) is 9.93. The first kappa shape index (κ1) is 27.7. The summed E-state index contributed by atoms with van der Waals surface area (Å²) in [5.74, 6) is -0.935. The van der Waals surface area contributed by atoms with Crippen LogP contribution >= 0.6 is 0 Å². The minimum atomic E-state index is -4.46. The number of halogens is 3. The van der Waals surface area contributed by atoms with E-state index >= 15 is 0 Å². The van der Waals surface area contributed by atoms with Gasteiger partial charge in [-0.3, -0.25) is 4.79 Å². The molecule has 8 heteroatoms. The maximum Gasteiger partial charge on any atom is 0.416 e. The van der Waals surface area contributed by atoms with Crippen molar-refractivity contribution in [3.05, 3.63) is 69.8 Å². The van der Waals surface area contributed by atoms with Crippen LogP contribution in [0.1, 0.15) is 97.8 Å². The number of oxime groups is 1. The van der Waals surface area contributed by atoms with E-state index in [-0.39, 0.29) is 12.3 Å². The zero-order valence-corrected chi connectivity index (χ0v) is 20.9. The molecule has 2 aromatic rings. The van der Waals surface area contributed by atoms with Gasteiger partial charge in [0, 0.05) is 24.9 Å². The topological polar surface area (TPSA) is 70.9 Å². The van der Waals surface area contributed by atoms with Gasteiger partial charge in [-0.25, -0.2) is 0 Å². The molecule has 2 aromatic carbocycles. The van der Waals surface area contributed by atoms with Crippen molar-refractivity contribution in [1.29, 1.82) is 0 Å². The third-order valence-corrected chi connectivity index (χ3v) is 6.75. The Morgan fingerprint density at radius 3 is 2.47 bits per heavy atom. The molecule has 0 saturated heterocycles. The molecule has 36 heavy (non-hydrogen) atoms. The molecule has 2 N–H and O–H groups in total. The molecular weight excluding hydrogens is 469 g/mol. The highest BCUT2D eigenvalue weighted by atomic mass is 19.4. The summed E-state index contributed by atoms with van der Waals surface area (Å²) in [5, 5.41) is 15.8. The lowest BCUT2D eigenvalue weighted by atomic mass is 9.81. The lowest BCUT2D eigenvalue weighted by molar-refractivity contribution is -0.139. The average molecular weight is 505 g/mol. The Balaban J connectivity index is 1.94. The lowest BCUT2D eigenvalue weighted by Gasteiger charge is -2.26. The van der Waals surface area contributed by atoms with Gasteiger partial charge in [0.1, 0.15) is 0 Å². The lowest BCUT2D eigenvalue weighted by Crippen LogP contribution is -2.18. The quantitative estimate of drug-likeness (QED) is 0.197. The highest BCUT2D eigenvalue weighted by Gasteiger charge is 2.36. The fourth-order valence-corrected chi connectivity index (χ4v) is 4.92.